The molecule has 148 valence electrons. The Kier molecular flexibility index (Phi) is 6.65. The van der Waals surface area contributed by atoms with Gasteiger partial charge in [0.05, 0.1) is 12.1 Å². The fourth-order valence-corrected chi connectivity index (χ4v) is 3.35. The summed E-state index contributed by atoms with van der Waals surface area (Å²) in [4.78, 5) is 16.2. The van der Waals surface area contributed by atoms with E-state index >= 15 is 0 Å². The number of carbonyl (C=O) groups excluding carboxylic acids is 1. The zero-order valence-electron chi connectivity index (χ0n) is 15.5. The van der Waals surface area contributed by atoms with Crippen molar-refractivity contribution in [2.24, 2.45) is 0 Å². The zero-order valence-corrected chi connectivity index (χ0v) is 16.3. The molecule has 1 saturated heterocycles. The lowest BCUT2D eigenvalue weighted by molar-refractivity contribution is -0.127. The van der Waals surface area contributed by atoms with Crippen LogP contribution in [0.15, 0.2) is 42.5 Å². The minimum Gasteiger partial charge on any atom is -0.494 e. The number of benzene rings is 2. The van der Waals surface area contributed by atoms with Crippen LogP contribution in [0, 0.1) is 11.6 Å². The van der Waals surface area contributed by atoms with Gasteiger partial charge in [-0.2, -0.15) is 0 Å². The molecule has 0 radical (unpaired) electrons. The van der Waals surface area contributed by atoms with Gasteiger partial charge in [-0.3, -0.25) is 9.69 Å². The average Bonchev–Trinajstić information content (AvgIpc) is 2.68. The number of hydrogen-bond acceptors (Lipinski definition) is 3. The third kappa shape index (κ3) is 4.88. The van der Waals surface area contributed by atoms with Gasteiger partial charge in [-0.15, -0.1) is 0 Å². The zero-order chi connectivity index (χ0) is 20.1. The van der Waals surface area contributed by atoms with E-state index in [9.17, 15) is 13.6 Å². The number of nitrogens with zero attached hydrogens (tertiary/aromatic N) is 2. The molecule has 28 heavy (non-hydrogen) atoms. The van der Waals surface area contributed by atoms with Crippen molar-refractivity contribution in [3.63, 3.8) is 0 Å². The van der Waals surface area contributed by atoms with Crippen molar-refractivity contribution in [1.82, 2.24) is 9.80 Å². The molecule has 0 atom stereocenters. The first-order valence-corrected chi connectivity index (χ1v) is 9.31. The van der Waals surface area contributed by atoms with Gasteiger partial charge in [0.2, 0.25) is 5.91 Å². The molecule has 0 unspecified atom stereocenters. The summed E-state index contributed by atoms with van der Waals surface area (Å²) in [5.74, 6) is -0.811. The van der Waals surface area contributed by atoms with E-state index in [1.165, 1.54) is 37.5 Å². The van der Waals surface area contributed by atoms with Crippen LogP contribution < -0.4 is 4.74 Å². The molecule has 0 N–H and O–H groups in total. The lowest BCUT2D eigenvalue weighted by atomic mass is 10.1. The van der Waals surface area contributed by atoms with E-state index in [0.29, 0.717) is 32.7 Å². The van der Waals surface area contributed by atoms with E-state index in [2.05, 4.69) is 4.90 Å². The molecule has 0 aliphatic carbocycles. The summed E-state index contributed by atoms with van der Waals surface area (Å²) in [6.45, 7) is 3.05. The Morgan fingerprint density at radius 2 is 1.89 bits per heavy atom. The molecule has 3 rings (SSSR count). The Balaban J connectivity index is 1.54. The Hall–Kier alpha value is -2.44. The fraction of sp³-hybridized carbons (Fsp3) is 0.286. The van der Waals surface area contributed by atoms with E-state index in [4.69, 9.17) is 16.3 Å². The predicted molar refractivity (Wildman–Crippen MR) is 105 cm³/mol. The van der Waals surface area contributed by atoms with Crippen molar-refractivity contribution >= 4 is 23.6 Å². The summed E-state index contributed by atoms with van der Waals surface area (Å²) < 4.78 is 32.5. The number of ether oxygens (including phenoxy) is 1. The van der Waals surface area contributed by atoms with Crippen LogP contribution >= 0.6 is 11.6 Å². The molecule has 0 spiro atoms. The Bertz CT molecular complexity index is 860. The molecular formula is C21H21ClF2N2O2. The third-order valence-electron chi connectivity index (χ3n) is 4.70. The van der Waals surface area contributed by atoms with E-state index in [1.807, 2.05) is 6.07 Å². The van der Waals surface area contributed by atoms with Gasteiger partial charge in [0.1, 0.15) is 5.82 Å². The largest absolute Gasteiger partial charge is 0.494 e. The van der Waals surface area contributed by atoms with Crippen LogP contribution in [-0.4, -0.2) is 49.0 Å². The third-order valence-corrected chi connectivity index (χ3v) is 5.03. The summed E-state index contributed by atoms with van der Waals surface area (Å²) in [5.41, 5.74) is 1.06. The lowest BCUT2D eigenvalue weighted by Crippen LogP contribution is -2.47. The maximum Gasteiger partial charge on any atom is 0.246 e. The molecule has 2 aromatic rings. The molecule has 1 heterocycles. The van der Waals surface area contributed by atoms with Gasteiger partial charge in [0.15, 0.2) is 11.6 Å². The summed E-state index contributed by atoms with van der Waals surface area (Å²) in [6, 6.07) is 9.32. The molecule has 0 aromatic heterocycles. The van der Waals surface area contributed by atoms with Crippen LogP contribution in [-0.2, 0) is 11.3 Å². The highest BCUT2D eigenvalue weighted by Gasteiger charge is 2.20. The van der Waals surface area contributed by atoms with Crippen molar-refractivity contribution in [1.29, 1.82) is 0 Å². The molecule has 1 aliphatic heterocycles. The minimum atomic E-state index is -0.465. The maximum absolute atomic E-state index is 13.8. The smallest absolute Gasteiger partial charge is 0.246 e. The molecule has 1 fully saturated rings. The second-order valence-corrected chi connectivity index (χ2v) is 6.95. The van der Waals surface area contributed by atoms with Crippen molar-refractivity contribution in [2.75, 3.05) is 33.3 Å². The first-order valence-electron chi connectivity index (χ1n) is 8.93. The first-order chi connectivity index (χ1) is 13.5. The van der Waals surface area contributed by atoms with Gasteiger partial charge in [0, 0.05) is 44.4 Å². The Morgan fingerprint density at radius 1 is 1.14 bits per heavy atom. The fourth-order valence-electron chi connectivity index (χ4n) is 3.12. The number of rotatable bonds is 5. The molecule has 1 aliphatic rings. The molecule has 7 heteroatoms. The summed E-state index contributed by atoms with van der Waals surface area (Å²) in [5, 5.41) is 0.264. The van der Waals surface area contributed by atoms with Crippen LogP contribution in [0.4, 0.5) is 8.78 Å². The lowest BCUT2D eigenvalue weighted by Gasteiger charge is -2.34. The van der Waals surface area contributed by atoms with E-state index in [1.54, 1.807) is 17.0 Å². The van der Waals surface area contributed by atoms with Gasteiger partial charge < -0.3 is 9.64 Å². The van der Waals surface area contributed by atoms with Crippen LogP contribution in [0.1, 0.15) is 11.1 Å². The van der Waals surface area contributed by atoms with Gasteiger partial charge in [-0.05, 0) is 35.9 Å². The van der Waals surface area contributed by atoms with E-state index in [0.717, 1.165) is 5.56 Å². The minimum absolute atomic E-state index is 0.186. The number of hydrogen-bond donors (Lipinski definition) is 0. The molecular weight excluding hydrogens is 386 g/mol. The van der Waals surface area contributed by atoms with Crippen LogP contribution in [0.2, 0.25) is 5.02 Å². The van der Waals surface area contributed by atoms with Crippen molar-refractivity contribution in [2.45, 2.75) is 6.54 Å². The Morgan fingerprint density at radius 3 is 2.54 bits per heavy atom. The maximum atomic E-state index is 13.8. The van der Waals surface area contributed by atoms with Crippen LogP contribution in [0.3, 0.4) is 0 Å². The average molecular weight is 407 g/mol. The molecule has 2 aromatic carbocycles. The molecule has 0 saturated carbocycles. The highest BCUT2D eigenvalue weighted by Crippen LogP contribution is 2.21. The monoisotopic (exact) mass is 406 g/mol. The highest BCUT2D eigenvalue weighted by molar-refractivity contribution is 6.32. The van der Waals surface area contributed by atoms with Crippen LogP contribution in [0.25, 0.3) is 6.08 Å². The number of carbonyl (C=O) groups is 1. The predicted octanol–water partition coefficient (Wildman–Crippen LogP) is 3.98. The standard InChI is InChI=1S/C21H21ClF2N2O2/c1-28-20-7-5-15(13-19(20)24)14-25-9-11-26(12-10-25)21(27)8-6-16-17(22)3-2-4-18(16)23/h2-8,13H,9-12,14H2,1H3/b8-6+. The summed E-state index contributed by atoms with van der Waals surface area (Å²) in [7, 11) is 1.43. The van der Waals surface area contributed by atoms with Crippen molar-refractivity contribution in [3.8, 4) is 5.75 Å². The number of amides is 1. The van der Waals surface area contributed by atoms with E-state index in [-0.39, 0.29) is 28.1 Å². The Labute approximate surface area is 168 Å². The van der Waals surface area contributed by atoms with Gasteiger partial charge in [-0.25, -0.2) is 8.78 Å². The SMILES string of the molecule is COc1ccc(CN2CCN(C(=O)/C=C/c3c(F)cccc3Cl)CC2)cc1F. The number of methoxy groups -OCH3 is 1. The van der Waals surface area contributed by atoms with E-state index < -0.39 is 5.82 Å². The van der Waals surface area contributed by atoms with Crippen molar-refractivity contribution in [3.05, 3.63) is 70.3 Å². The second kappa shape index (κ2) is 9.17. The first kappa shape index (κ1) is 20.3. The number of halogens is 3. The molecule has 0 bridgehead atoms. The summed E-state index contributed by atoms with van der Waals surface area (Å²) >= 11 is 5.97. The van der Waals surface area contributed by atoms with Gasteiger partial charge in [-0.1, -0.05) is 23.7 Å². The second-order valence-electron chi connectivity index (χ2n) is 6.54. The topological polar surface area (TPSA) is 32.8 Å². The quantitative estimate of drug-likeness (QED) is 0.704. The summed E-state index contributed by atoms with van der Waals surface area (Å²) in [6.07, 6.45) is 2.76. The molecule has 1 amide bonds. The van der Waals surface area contributed by atoms with Crippen molar-refractivity contribution < 1.29 is 18.3 Å². The molecule has 4 nitrogen and oxygen atoms in total. The normalized spacial score (nSPS) is 15.2. The number of piperazine rings is 1. The highest BCUT2D eigenvalue weighted by atomic mass is 35.5. The van der Waals surface area contributed by atoms with Crippen LogP contribution in [0.5, 0.6) is 5.75 Å². The van der Waals surface area contributed by atoms with Gasteiger partial charge >= 0.3 is 0 Å². The van der Waals surface area contributed by atoms with Gasteiger partial charge in [0.25, 0.3) is 0 Å².